The van der Waals surface area contributed by atoms with Crippen molar-refractivity contribution in [3.8, 4) is 0 Å². The highest BCUT2D eigenvalue weighted by Crippen LogP contribution is 2.09. The monoisotopic (exact) mass is 474 g/mol. The van der Waals surface area contributed by atoms with E-state index in [1.807, 2.05) is 0 Å². The molecule has 0 fully saturated rings. The molecule has 0 unspecified atom stereocenters. The normalized spacial score (nSPS) is 12.0. The zero-order chi connectivity index (χ0) is 25.0. The number of allylic oxidation sites excluding steroid dienone is 8. The number of unbranched alkanes of at least 4 members (excludes halogenated alkanes) is 10. The number of carboxylic acids is 1. The molecule has 0 spiro atoms. The number of carboxylic acid groups (broad SMARTS) is 1. The summed E-state index contributed by atoms with van der Waals surface area (Å²) in [6.07, 6.45) is 35.3. The van der Waals surface area contributed by atoms with E-state index in [9.17, 15) is 9.59 Å². The minimum atomic E-state index is -0.707. The van der Waals surface area contributed by atoms with Crippen LogP contribution in [0.2, 0.25) is 0 Å². The van der Waals surface area contributed by atoms with Gasteiger partial charge in [0.05, 0.1) is 6.61 Å². The maximum atomic E-state index is 11.7. The lowest BCUT2D eigenvalue weighted by Crippen LogP contribution is -2.05. The van der Waals surface area contributed by atoms with Crippen molar-refractivity contribution in [2.45, 2.75) is 122 Å². The summed E-state index contributed by atoms with van der Waals surface area (Å²) >= 11 is 0. The van der Waals surface area contributed by atoms with E-state index in [4.69, 9.17) is 9.84 Å². The summed E-state index contributed by atoms with van der Waals surface area (Å²) in [6.45, 7) is 2.75. The van der Waals surface area contributed by atoms with Gasteiger partial charge in [-0.25, -0.2) is 0 Å². The SMILES string of the molecule is CCCCC/C=C\C/C=C\C/C=C\C/C=C\CCCC(=O)OCCCCCCCCCC(=O)O. The van der Waals surface area contributed by atoms with Crippen molar-refractivity contribution in [2.24, 2.45) is 0 Å². The molecular weight excluding hydrogens is 424 g/mol. The average molecular weight is 475 g/mol. The molecule has 194 valence electrons. The predicted molar refractivity (Wildman–Crippen MR) is 144 cm³/mol. The fourth-order valence-corrected chi connectivity index (χ4v) is 3.45. The summed E-state index contributed by atoms with van der Waals surface area (Å²) in [4.78, 5) is 22.2. The van der Waals surface area contributed by atoms with Gasteiger partial charge in [0.1, 0.15) is 0 Å². The zero-order valence-corrected chi connectivity index (χ0v) is 21.7. The van der Waals surface area contributed by atoms with Gasteiger partial charge in [0.2, 0.25) is 0 Å². The molecule has 0 bridgehead atoms. The number of aliphatic carboxylic acids is 1. The summed E-state index contributed by atoms with van der Waals surface area (Å²) in [5, 5.41) is 8.58. The molecule has 0 aliphatic carbocycles. The number of hydrogen-bond donors (Lipinski definition) is 1. The molecule has 0 aliphatic rings. The lowest BCUT2D eigenvalue weighted by molar-refractivity contribution is -0.144. The van der Waals surface area contributed by atoms with E-state index in [0.717, 1.165) is 77.0 Å². The lowest BCUT2D eigenvalue weighted by Gasteiger charge is -2.04. The third kappa shape index (κ3) is 27.9. The molecule has 0 aromatic carbocycles. The first-order chi connectivity index (χ1) is 16.7. The van der Waals surface area contributed by atoms with Crippen molar-refractivity contribution in [1.82, 2.24) is 0 Å². The van der Waals surface area contributed by atoms with Crippen LogP contribution < -0.4 is 0 Å². The Labute approximate surface area is 209 Å². The number of ether oxygens (including phenoxy) is 1. The molecule has 0 rings (SSSR count). The first kappa shape index (κ1) is 31.9. The first-order valence-corrected chi connectivity index (χ1v) is 13.6. The fourth-order valence-electron chi connectivity index (χ4n) is 3.45. The Morgan fingerprint density at radius 2 is 1.09 bits per heavy atom. The molecule has 0 radical (unpaired) electrons. The van der Waals surface area contributed by atoms with E-state index in [1.165, 1.54) is 25.7 Å². The Hall–Kier alpha value is -2.10. The summed E-state index contributed by atoms with van der Waals surface area (Å²) in [5.41, 5.74) is 0. The van der Waals surface area contributed by atoms with Crippen LogP contribution in [0.15, 0.2) is 48.6 Å². The predicted octanol–water partition coefficient (Wildman–Crippen LogP) is 8.88. The lowest BCUT2D eigenvalue weighted by atomic mass is 10.1. The summed E-state index contributed by atoms with van der Waals surface area (Å²) < 4.78 is 5.29. The van der Waals surface area contributed by atoms with Gasteiger partial charge in [-0.2, -0.15) is 0 Å². The molecule has 0 saturated heterocycles. The van der Waals surface area contributed by atoms with Gasteiger partial charge in [-0.3, -0.25) is 9.59 Å². The molecule has 0 atom stereocenters. The highest BCUT2D eigenvalue weighted by molar-refractivity contribution is 5.69. The maximum absolute atomic E-state index is 11.7. The van der Waals surface area contributed by atoms with Crippen LogP contribution in [0.3, 0.4) is 0 Å². The highest BCUT2D eigenvalue weighted by Gasteiger charge is 2.01. The molecule has 4 heteroatoms. The summed E-state index contributed by atoms with van der Waals surface area (Å²) in [5.74, 6) is -0.800. The standard InChI is InChI=1S/C30H50O4/c1-2-3-4-5-6-7-8-9-10-11-12-13-14-15-18-21-24-27-30(33)34-28-25-22-19-16-17-20-23-26-29(31)32/h6-7,9-10,12-13,15,18H,2-5,8,11,14,16-17,19-28H2,1H3,(H,31,32)/b7-6-,10-9-,13-12-,18-15-. The van der Waals surface area contributed by atoms with Gasteiger partial charge in [0.25, 0.3) is 0 Å². The molecule has 0 aromatic heterocycles. The van der Waals surface area contributed by atoms with Gasteiger partial charge >= 0.3 is 11.9 Å². The van der Waals surface area contributed by atoms with Gasteiger partial charge in [0, 0.05) is 12.8 Å². The average Bonchev–Trinajstić information content (AvgIpc) is 2.82. The third-order valence-electron chi connectivity index (χ3n) is 5.51. The van der Waals surface area contributed by atoms with Gasteiger partial charge in [-0.15, -0.1) is 0 Å². The van der Waals surface area contributed by atoms with Gasteiger partial charge in [-0.1, -0.05) is 100 Å². The van der Waals surface area contributed by atoms with Crippen molar-refractivity contribution in [3.63, 3.8) is 0 Å². The van der Waals surface area contributed by atoms with Crippen LogP contribution in [-0.4, -0.2) is 23.7 Å². The minimum absolute atomic E-state index is 0.0930. The van der Waals surface area contributed by atoms with E-state index in [1.54, 1.807) is 0 Å². The smallest absolute Gasteiger partial charge is 0.305 e. The maximum Gasteiger partial charge on any atom is 0.305 e. The Balaban J connectivity index is 3.41. The van der Waals surface area contributed by atoms with Crippen LogP contribution in [0.1, 0.15) is 122 Å². The number of carbonyl (C=O) groups excluding carboxylic acids is 1. The van der Waals surface area contributed by atoms with Gasteiger partial charge in [0.15, 0.2) is 0 Å². The van der Waals surface area contributed by atoms with Crippen molar-refractivity contribution >= 4 is 11.9 Å². The summed E-state index contributed by atoms with van der Waals surface area (Å²) in [6, 6.07) is 0. The van der Waals surface area contributed by atoms with Crippen molar-refractivity contribution in [1.29, 1.82) is 0 Å². The summed E-state index contributed by atoms with van der Waals surface area (Å²) in [7, 11) is 0. The molecule has 34 heavy (non-hydrogen) atoms. The number of rotatable bonds is 24. The molecule has 0 aromatic rings. The van der Waals surface area contributed by atoms with Crippen LogP contribution in [-0.2, 0) is 14.3 Å². The number of carbonyl (C=O) groups is 2. The van der Waals surface area contributed by atoms with Crippen molar-refractivity contribution < 1.29 is 19.4 Å². The van der Waals surface area contributed by atoms with Crippen LogP contribution in [0.4, 0.5) is 0 Å². The van der Waals surface area contributed by atoms with E-state index in [-0.39, 0.29) is 12.4 Å². The molecule has 0 amide bonds. The van der Waals surface area contributed by atoms with Crippen molar-refractivity contribution in [2.75, 3.05) is 6.61 Å². The van der Waals surface area contributed by atoms with Gasteiger partial charge in [-0.05, 0) is 57.8 Å². The highest BCUT2D eigenvalue weighted by atomic mass is 16.5. The van der Waals surface area contributed by atoms with Crippen LogP contribution in [0.5, 0.6) is 0 Å². The molecule has 0 saturated carbocycles. The minimum Gasteiger partial charge on any atom is -0.481 e. The Kier molecular flexibility index (Phi) is 25.5. The van der Waals surface area contributed by atoms with E-state index in [2.05, 4.69) is 55.5 Å². The zero-order valence-electron chi connectivity index (χ0n) is 21.7. The molecule has 1 N–H and O–H groups in total. The number of esters is 1. The largest absolute Gasteiger partial charge is 0.481 e. The quantitative estimate of drug-likeness (QED) is 0.0861. The number of hydrogen-bond acceptors (Lipinski definition) is 3. The van der Waals surface area contributed by atoms with Crippen molar-refractivity contribution in [3.05, 3.63) is 48.6 Å². The second kappa shape index (κ2) is 27.1. The Bertz CT molecular complexity index is 587. The van der Waals surface area contributed by atoms with E-state index in [0.29, 0.717) is 13.0 Å². The van der Waals surface area contributed by atoms with Gasteiger partial charge < -0.3 is 9.84 Å². The van der Waals surface area contributed by atoms with Crippen LogP contribution in [0.25, 0.3) is 0 Å². The third-order valence-corrected chi connectivity index (χ3v) is 5.51. The fraction of sp³-hybridized carbons (Fsp3) is 0.667. The van der Waals surface area contributed by atoms with Crippen LogP contribution >= 0.6 is 0 Å². The van der Waals surface area contributed by atoms with E-state index >= 15 is 0 Å². The first-order valence-electron chi connectivity index (χ1n) is 13.6. The van der Waals surface area contributed by atoms with E-state index < -0.39 is 5.97 Å². The molecular formula is C30H50O4. The second-order valence-corrected chi connectivity index (χ2v) is 8.82. The Morgan fingerprint density at radius 1 is 0.588 bits per heavy atom. The Morgan fingerprint density at radius 3 is 1.65 bits per heavy atom. The molecule has 0 heterocycles. The second-order valence-electron chi connectivity index (χ2n) is 8.82. The topological polar surface area (TPSA) is 63.6 Å². The molecule has 0 aliphatic heterocycles. The van der Waals surface area contributed by atoms with Crippen LogP contribution in [0, 0.1) is 0 Å². The molecule has 4 nitrogen and oxygen atoms in total.